The lowest BCUT2D eigenvalue weighted by Gasteiger charge is -2.26. The second kappa shape index (κ2) is 4.97. The summed E-state index contributed by atoms with van der Waals surface area (Å²) in [6.45, 7) is 4.73. The first-order valence-electron chi connectivity index (χ1n) is 6.32. The van der Waals surface area contributed by atoms with Crippen molar-refractivity contribution < 1.29 is 4.79 Å². The molecule has 1 amide bonds. The second-order valence-corrected chi connectivity index (χ2v) is 4.83. The summed E-state index contributed by atoms with van der Waals surface area (Å²) < 4.78 is 0. The predicted octanol–water partition coefficient (Wildman–Crippen LogP) is 1.39. The fraction of sp³-hybridized carbons (Fsp3) is 0.917. The van der Waals surface area contributed by atoms with E-state index in [2.05, 4.69) is 12.2 Å². The second-order valence-electron chi connectivity index (χ2n) is 4.83. The number of nitrogens with one attached hydrogen (secondary N) is 1. The van der Waals surface area contributed by atoms with Gasteiger partial charge in [0.15, 0.2) is 0 Å². The van der Waals surface area contributed by atoms with E-state index in [1.807, 2.05) is 4.90 Å². The van der Waals surface area contributed by atoms with Gasteiger partial charge in [0.2, 0.25) is 5.91 Å². The molecule has 3 heteroatoms. The predicted molar refractivity (Wildman–Crippen MR) is 60.6 cm³/mol. The summed E-state index contributed by atoms with van der Waals surface area (Å²) in [6, 6.07) is 0.628. The van der Waals surface area contributed by atoms with Crippen molar-refractivity contribution in [2.75, 3.05) is 19.6 Å². The van der Waals surface area contributed by atoms with Gasteiger partial charge in [0.1, 0.15) is 0 Å². The average Bonchev–Trinajstić information content (AvgIpc) is 3.06. The van der Waals surface area contributed by atoms with Crippen molar-refractivity contribution >= 4 is 5.91 Å². The molecular weight excluding hydrogens is 188 g/mol. The van der Waals surface area contributed by atoms with Crippen LogP contribution in [0.2, 0.25) is 0 Å². The maximum absolute atomic E-state index is 11.8. The molecule has 0 bridgehead atoms. The van der Waals surface area contributed by atoms with Crippen LogP contribution in [0.1, 0.15) is 39.0 Å². The van der Waals surface area contributed by atoms with E-state index in [-0.39, 0.29) is 0 Å². The van der Waals surface area contributed by atoms with Gasteiger partial charge in [-0.15, -0.1) is 0 Å². The highest BCUT2D eigenvalue weighted by Crippen LogP contribution is 2.32. The number of piperidine rings is 1. The summed E-state index contributed by atoms with van der Waals surface area (Å²) in [4.78, 5) is 13.8. The molecule has 86 valence electrons. The van der Waals surface area contributed by atoms with Gasteiger partial charge < -0.3 is 10.2 Å². The zero-order valence-electron chi connectivity index (χ0n) is 9.67. The van der Waals surface area contributed by atoms with Crippen molar-refractivity contribution in [3.8, 4) is 0 Å². The summed E-state index contributed by atoms with van der Waals surface area (Å²) >= 11 is 0. The van der Waals surface area contributed by atoms with Crippen molar-refractivity contribution in [3.05, 3.63) is 0 Å². The zero-order chi connectivity index (χ0) is 10.7. The molecule has 0 aromatic heterocycles. The monoisotopic (exact) mass is 210 g/mol. The molecule has 1 saturated heterocycles. The van der Waals surface area contributed by atoms with Crippen molar-refractivity contribution in [2.24, 2.45) is 5.92 Å². The lowest BCUT2D eigenvalue weighted by Crippen LogP contribution is -2.41. The molecule has 0 radical (unpaired) electrons. The molecule has 15 heavy (non-hydrogen) atoms. The fourth-order valence-electron chi connectivity index (χ4n) is 2.42. The Hall–Kier alpha value is -0.570. The van der Waals surface area contributed by atoms with Crippen molar-refractivity contribution in [2.45, 2.75) is 45.1 Å². The van der Waals surface area contributed by atoms with E-state index in [1.165, 1.54) is 32.1 Å². The molecule has 1 saturated carbocycles. The van der Waals surface area contributed by atoms with E-state index in [9.17, 15) is 4.79 Å². The highest BCUT2D eigenvalue weighted by molar-refractivity contribution is 5.78. The van der Waals surface area contributed by atoms with Crippen LogP contribution in [0.4, 0.5) is 0 Å². The number of hydrogen-bond donors (Lipinski definition) is 1. The van der Waals surface area contributed by atoms with Gasteiger partial charge in [-0.2, -0.15) is 0 Å². The van der Waals surface area contributed by atoms with Gasteiger partial charge >= 0.3 is 0 Å². The first-order chi connectivity index (χ1) is 7.31. The van der Waals surface area contributed by atoms with Crippen molar-refractivity contribution in [1.29, 1.82) is 0 Å². The number of carbonyl (C=O) groups is 1. The number of amides is 1. The standard InChI is InChI=1S/C12H22N2O/c1-2-10-8-11(10)13-9-12(15)14-6-4-3-5-7-14/h10-11,13H,2-9H2,1H3. The van der Waals surface area contributed by atoms with Gasteiger partial charge in [-0.05, 0) is 31.6 Å². The van der Waals surface area contributed by atoms with E-state index in [0.29, 0.717) is 18.5 Å². The summed E-state index contributed by atoms with van der Waals surface area (Å²) in [5.74, 6) is 1.13. The van der Waals surface area contributed by atoms with Crippen LogP contribution in [0.5, 0.6) is 0 Å². The average molecular weight is 210 g/mol. The number of likely N-dealkylation sites (tertiary alicyclic amines) is 1. The number of carbonyl (C=O) groups excluding carboxylic acids is 1. The molecule has 0 aromatic rings. The first kappa shape index (κ1) is 10.9. The summed E-state index contributed by atoms with van der Waals surface area (Å²) in [6.07, 6.45) is 6.18. The molecule has 3 nitrogen and oxygen atoms in total. The van der Waals surface area contributed by atoms with Gasteiger partial charge in [0, 0.05) is 19.1 Å². The van der Waals surface area contributed by atoms with Gasteiger partial charge in [-0.1, -0.05) is 13.3 Å². The highest BCUT2D eigenvalue weighted by atomic mass is 16.2. The Morgan fingerprint density at radius 2 is 2.07 bits per heavy atom. The van der Waals surface area contributed by atoms with Gasteiger partial charge in [-0.25, -0.2) is 0 Å². The molecule has 2 rings (SSSR count). The summed E-state index contributed by atoms with van der Waals surface area (Å²) in [7, 11) is 0. The Morgan fingerprint density at radius 1 is 1.33 bits per heavy atom. The minimum absolute atomic E-state index is 0.302. The lowest BCUT2D eigenvalue weighted by molar-refractivity contribution is -0.131. The van der Waals surface area contributed by atoms with Gasteiger partial charge in [-0.3, -0.25) is 4.79 Å². The molecule has 2 atom stereocenters. The Balaban J connectivity index is 1.64. The molecule has 2 unspecified atom stereocenters. The SMILES string of the molecule is CCC1CC1NCC(=O)N1CCCCC1. The molecule has 1 heterocycles. The molecule has 1 aliphatic heterocycles. The van der Waals surface area contributed by atoms with Crippen LogP contribution < -0.4 is 5.32 Å². The molecule has 0 spiro atoms. The fourth-order valence-corrected chi connectivity index (χ4v) is 2.42. The smallest absolute Gasteiger partial charge is 0.236 e. The van der Waals surface area contributed by atoms with Crippen LogP contribution in [0, 0.1) is 5.92 Å². The topological polar surface area (TPSA) is 32.3 Å². The van der Waals surface area contributed by atoms with Crippen LogP contribution in [-0.4, -0.2) is 36.5 Å². The highest BCUT2D eigenvalue weighted by Gasteiger charge is 2.35. The van der Waals surface area contributed by atoms with Gasteiger partial charge in [0.25, 0.3) is 0 Å². The minimum Gasteiger partial charge on any atom is -0.342 e. The van der Waals surface area contributed by atoms with E-state index < -0.39 is 0 Å². The van der Waals surface area contributed by atoms with E-state index >= 15 is 0 Å². The number of nitrogens with zero attached hydrogens (tertiary/aromatic N) is 1. The van der Waals surface area contributed by atoms with Gasteiger partial charge in [0.05, 0.1) is 6.54 Å². The molecule has 1 aliphatic carbocycles. The van der Waals surface area contributed by atoms with Crippen LogP contribution in [-0.2, 0) is 4.79 Å². The van der Waals surface area contributed by atoms with Crippen LogP contribution in [0.15, 0.2) is 0 Å². The molecular formula is C12H22N2O. The molecule has 2 aliphatic rings. The van der Waals surface area contributed by atoms with Crippen LogP contribution >= 0.6 is 0 Å². The third-order valence-corrected chi connectivity index (χ3v) is 3.67. The molecule has 0 aromatic carbocycles. The third kappa shape index (κ3) is 2.94. The Bertz CT molecular complexity index is 224. The minimum atomic E-state index is 0.302. The Morgan fingerprint density at radius 3 is 2.67 bits per heavy atom. The summed E-state index contributed by atoms with van der Waals surface area (Å²) in [5, 5.41) is 3.36. The lowest BCUT2D eigenvalue weighted by atomic mass is 10.1. The normalized spacial score (nSPS) is 30.3. The van der Waals surface area contributed by atoms with E-state index in [1.54, 1.807) is 0 Å². The quantitative estimate of drug-likeness (QED) is 0.760. The zero-order valence-corrected chi connectivity index (χ0v) is 9.67. The third-order valence-electron chi connectivity index (χ3n) is 3.67. The summed E-state index contributed by atoms with van der Waals surface area (Å²) in [5.41, 5.74) is 0. The van der Waals surface area contributed by atoms with Crippen LogP contribution in [0.3, 0.4) is 0 Å². The van der Waals surface area contributed by atoms with Crippen LogP contribution in [0.25, 0.3) is 0 Å². The van der Waals surface area contributed by atoms with Crippen molar-refractivity contribution in [3.63, 3.8) is 0 Å². The number of hydrogen-bond acceptors (Lipinski definition) is 2. The van der Waals surface area contributed by atoms with E-state index in [0.717, 1.165) is 19.0 Å². The Kier molecular flexibility index (Phi) is 3.62. The largest absolute Gasteiger partial charge is 0.342 e. The van der Waals surface area contributed by atoms with Crippen molar-refractivity contribution in [1.82, 2.24) is 10.2 Å². The maximum atomic E-state index is 11.8. The first-order valence-corrected chi connectivity index (χ1v) is 6.32. The maximum Gasteiger partial charge on any atom is 0.236 e. The number of rotatable bonds is 4. The molecule has 2 fully saturated rings. The molecule has 1 N–H and O–H groups in total. The Labute approximate surface area is 92.2 Å². The van der Waals surface area contributed by atoms with E-state index in [4.69, 9.17) is 0 Å².